The van der Waals surface area contributed by atoms with Crippen LogP contribution in [-0.2, 0) is 0 Å². The summed E-state index contributed by atoms with van der Waals surface area (Å²) in [5.41, 5.74) is 7.66. The quantitative estimate of drug-likeness (QED) is 0.210. The Morgan fingerprint density at radius 2 is 1.12 bits per heavy atom. The first kappa shape index (κ1) is 24.2. The Hall–Kier alpha value is -5.38. The number of para-hydroxylation sites is 2. The van der Waals surface area contributed by atoms with Gasteiger partial charge in [0.15, 0.2) is 0 Å². The lowest BCUT2D eigenvalue weighted by atomic mass is 9.98. The summed E-state index contributed by atoms with van der Waals surface area (Å²) in [5, 5.41) is 7.38. The fourth-order valence-corrected chi connectivity index (χ4v) is 7.50. The largest absolute Gasteiger partial charge is 0.456 e. The van der Waals surface area contributed by atoms with Gasteiger partial charge in [-0.2, -0.15) is 0 Å². The Labute approximate surface area is 252 Å². The highest BCUT2D eigenvalue weighted by atomic mass is 32.1. The molecule has 202 valence electrons. The van der Waals surface area contributed by atoms with E-state index in [1.54, 1.807) is 0 Å². The molecule has 0 fully saturated rings. The maximum atomic E-state index is 6.12. The Bertz CT molecular complexity index is 2450. The molecule has 0 saturated carbocycles. The minimum absolute atomic E-state index is 0.930. The van der Waals surface area contributed by atoms with Crippen molar-refractivity contribution in [3.8, 4) is 11.1 Å². The van der Waals surface area contributed by atoms with E-state index in [-0.39, 0.29) is 0 Å². The second-order valence-electron chi connectivity index (χ2n) is 11.0. The molecule has 9 aromatic rings. The molecule has 0 N–H and O–H groups in total. The summed E-state index contributed by atoms with van der Waals surface area (Å²) in [6.07, 6.45) is 0. The molecule has 0 aliphatic rings. The smallest absolute Gasteiger partial charge is 0.136 e. The Balaban J connectivity index is 1.13. The average Bonchev–Trinajstić information content (AvgIpc) is 3.64. The summed E-state index contributed by atoms with van der Waals surface area (Å²) < 4.78 is 8.75. The number of benzene rings is 7. The van der Waals surface area contributed by atoms with Gasteiger partial charge >= 0.3 is 0 Å². The molecule has 0 amide bonds. The molecule has 0 bridgehead atoms. The highest BCUT2D eigenvalue weighted by Gasteiger charge is 2.15. The molecule has 0 aliphatic heterocycles. The van der Waals surface area contributed by atoms with Crippen molar-refractivity contribution >= 4 is 81.3 Å². The van der Waals surface area contributed by atoms with Gasteiger partial charge in [-0.3, -0.25) is 0 Å². The van der Waals surface area contributed by atoms with Crippen LogP contribution in [0, 0.1) is 0 Å². The van der Waals surface area contributed by atoms with Gasteiger partial charge in [0, 0.05) is 48.0 Å². The van der Waals surface area contributed by atoms with Crippen LogP contribution in [0.4, 0.5) is 17.1 Å². The van der Waals surface area contributed by atoms with E-state index in [0.29, 0.717) is 0 Å². The molecule has 0 radical (unpaired) electrons. The second kappa shape index (κ2) is 9.59. The minimum Gasteiger partial charge on any atom is -0.456 e. The van der Waals surface area contributed by atoms with E-state index < -0.39 is 0 Å². The van der Waals surface area contributed by atoms with Crippen LogP contribution in [0.5, 0.6) is 0 Å². The van der Waals surface area contributed by atoms with Gasteiger partial charge in [0.25, 0.3) is 0 Å². The molecule has 2 nitrogen and oxygen atoms in total. The van der Waals surface area contributed by atoms with Crippen LogP contribution in [0.1, 0.15) is 0 Å². The number of anilines is 3. The highest BCUT2D eigenvalue weighted by Crippen LogP contribution is 2.41. The van der Waals surface area contributed by atoms with E-state index in [4.69, 9.17) is 4.42 Å². The zero-order valence-electron chi connectivity index (χ0n) is 23.2. The summed E-state index contributed by atoms with van der Waals surface area (Å²) in [4.78, 5) is 2.34. The highest BCUT2D eigenvalue weighted by molar-refractivity contribution is 7.25. The molecule has 0 saturated heterocycles. The van der Waals surface area contributed by atoms with E-state index in [1.807, 2.05) is 23.5 Å². The van der Waals surface area contributed by atoms with Gasteiger partial charge in [0.05, 0.1) is 0 Å². The number of hydrogen-bond acceptors (Lipinski definition) is 3. The lowest BCUT2D eigenvalue weighted by molar-refractivity contribution is 0.669. The molecule has 0 aliphatic carbocycles. The topological polar surface area (TPSA) is 16.4 Å². The van der Waals surface area contributed by atoms with Crippen LogP contribution in [0.15, 0.2) is 156 Å². The third kappa shape index (κ3) is 3.93. The van der Waals surface area contributed by atoms with Crippen LogP contribution in [0.25, 0.3) is 64.0 Å². The van der Waals surface area contributed by atoms with Crippen molar-refractivity contribution in [3.63, 3.8) is 0 Å². The van der Waals surface area contributed by atoms with Crippen molar-refractivity contribution < 1.29 is 4.42 Å². The van der Waals surface area contributed by atoms with Crippen LogP contribution in [0.3, 0.4) is 0 Å². The number of nitrogens with zero attached hydrogens (tertiary/aromatic N) is 1. The second-order valence-corrected chi connectivity index (χ2v) is 12.1. The van der Waals surface area contributed by atoms with E-state index in [1.165, 1.54) is 47.5 Å². The predicted molar refractivity (Wildman–Crippen MR) is 184 cm³/mol. The third-order valence-electron chi connectivity index (χ3n) is 8.45. The fourth-order valence-electron chi connectivity index (χ4n) is 6.41. The standard InChI is InChI=1S/C40H25NOS/c1-2-8-29(9-3-1)41(31-20-23-39-35(25-31)33-10-5-7-13-38(33)43-39)30-18-14-26(15-19-30)27-16-21-32-28(24-27)17-22-37-40(32)34-11-4-6-12-36(34)42-37/h1-25H. The molecule has 0 spiro atoms. The van der Waals surface area contributed by atoms with Crippen molar-refractivity contribution in [2.75, 3.05) is 4.90 Å². The first-order valence-corrected chi connectivity index (χ1v) is 15.3. The molecular weight excluding hydrogens is 543 g/mol. The summed E-state index contributed by atoms with van der Waals surface area (Å²) >= 11 is 1.85. The molecule has 2 heterocycles. The Morgan fingerprint density at radius 1 is 0.419 bits per heavy atom. The van der Waals surface area contributed by atoms with Gasteiger partial charge < -0.3 is 9.32 Å². The van der Waals surface area contributed by atoms with Gasteiger partial charge in [0.1, 0.15) is 11.2 Å². The number of rotatable bonds is 4. The Kier molecular flexibility index (Phi) is 5.40. The van der Waals surface area contributed by atoms with Gasteiger partial charge in [0.2, 0.25) is 0 Å². The number of thiophene rings is 1. The van der Waals surface area contributed by atoms with Crippen molar-refractivity contribution in [1.82, 2.24) is 0 Å². The van der Waals surface area contributed by atoms with Crippen molar-refractivity contribution in [2.24, 2.45) is 0 Å². The van der Waals surface area contributed by atoms with Gasteiger partial charge in [-0.15, -0.1) is 11.3 Å². The third-order valence-corrected chi connectivity index (χ3v) is 9.60. The zero-order chi connectivity index (χ0) is 28.3. The maximum Gasteiger partial charge on any atom is 0.136 e. The van der Waals surface area contributed by atoms with Crippen molar-refractivity contribution in [3.05, 3.63) is 152 Å². The van der Waals surface area contributed by atoms with E-state index >= 15 is 0 Å². The van der Waals surface area contributed by atoms with Gasteiger partial charge in [-0.25, -0.2) is 0 Å². The summed E-state index contributed by atoms with van der Waals surface area (Å²) in [6.45, 7) is 0. The molecule has 0 unspecified atom stereocenters. The summed E-state index contributed by atoms with van der Waals surface area (Å²) in [6, 6.07) is 54.3. The van der Waals surface area contributed by atoms with Crippen LogP contribution >= 0.6 is 11.3 Å². The molecule has 2 aromatic heterocycles. The van der Waals surface area contributed by atoms with Gasteiger partial charge in [-0.1, -0.05) is 84.9 Å². The molecule has 43 heavy (non-hydrogen) atoms. The van der Waals surface area contributed by atoms with Crippen LogP contribution < -0.4 is 4.90 Å². The van der Waals surface area contributed by atoms with Crippen molar-refractivity contribution in [1.29, 1.82) is 0 Å². The minimum atomic E-state index is 0.930. The van der Waals surface area contributed by atoms with E-state index in [2.05, 4.69) is 144 Å². The Morgan fingerprint density at radius 3 is 2.00 bits per heavy atom. The first-order chi connectivity index (χ1) is 21.3. The molecule has 3 heteroatoms. The SMILES string of the molecule is c1ccc(N(c2ccc(-c3ccc4c(ccc5oc6ccccc6c54)c3)cc2)c2ccc3sc4ccccc4c3c2)cc1. The number of furan rings is 1. The van der Waals surface area contributed by atoms with E-state index in [9.17, 15) is 0 Å². The molecule has 0 atom stereocenters. The van der Waals surface area contributed by atoms with Gasteiger partial charge in [-0.05, 0) is 88.6 Å². The van der Waals surface area contributed by atoms with E-state index in [0.717, 1.165) is 33.6 Å². The average molecular weight is 568 g/mol. The number of hydrogen-bond donors (Lipinski definition) is 0. The summed E-state index contributed by atoms with van der Waals surface area (Å²) in [5.74, 6) is 0. The molecular formula is C40H25NOS. The lowest BCUT2D eigenvalue weighted by Crippen LogP contribution is -2.09. The maximum absolute atomic E-state index is 6.12. The summed E-state index contributed by atoms with van der Waals surface area (Å²) in [7, 11) is 0. The van der Waals surface area contributed by atoms with Crippen LogP contribution in [-0.4, -0.2) is 0 Å². The number of fused-ring (bicyclic) bond motifs is 8. The predicted octanol–water partition coefficient (Wildman–Crippen LogP) is 12.2. The molecule has 7 aromatic carbocycles. The zero-order valence-corrected chi connectivity index (χ0v) is 24.0. The lowest BCUT2D eigenvalue weighted by Gasteiger charge is -2.26. The molecule has 9 rings (SSSR count). The van der Waals surface area contributed by atoms with Crippen molar-refractivity contribution in [2.45, 2.75) is 0 Å². The first-order valence-electron chi connectivity index (χ1n) is 14.5. The normalized spacial score (nSPS) is 11.7. The van der Waals surface area contributed by atoms with Crippen LogP contribution in [0.2, 0.25) is 0 Å². The fraction of sp³-hybridized carbons (Fsp3) is 0. The monoisotopic (exact) mass is 567 g/mol.